The van der Waals surface area contributed by atoms with Gasteiger partial charge in [0.1, 0.15) is 5.75 Å². The summed E-state index contributed by atoms with van der Waals surface area (Å²) in [5.41, 5.74) is 1.06. The summed E-state index contributed by atoms with van der Waals surface area (Å²) < 4.78 is 41.5. The van der Waals surface area contributed by atoms with Crippen LogP contribution in [0.15, 0.2) is 24.3 Å². The van der Waals surface area contributed by atoms with E-state index in [-0.39, 0.29) is 0 Å². The molecule has 0 saturated carbocycles. The fourth-order valence-corrected chi connectivity index (χ4v) is 2.71. The first-order chi connectivity index (χ1) is 9.99. The Balaban J connectivity index is 1.78. The predicted octanol–water partition coefficient (Wildman–Crippen LogP) is 3.06. The molecular weight excluding hydrogens is 281 g/mol. The highest BCUT2D eigenvalue weighted by atomic mass is 19.4. The quantitative estimate of drug-likeness (QED) is 0.817. The van der Waals surface area contributed by atoms with Crippen molar-refractivity contribution >= 4 is 5.69 Å². The standard InChI is InChI=1S/C15H21F3N2O/c1-21-14-5-3-2-4-13(14)20-9-7-12(10-20)6-8-19-11-15(16,17)18/h2-5,12,19H,6-11H2,1H3. The molecule has 1 fully saturated rings. The Hall–Kier alpha value is -1.43. The van der Waals surface area contributed by atoms with Gasteiger partial charge in [0.2, 0.25) is 0 Å². The van der Waals surface area contributed by atoms with Gasteiger partial charge in [-0.3, -0.25) is 0 Å². The van der Waals surface area contributed by atoms with Crippen LogP contribution < -0.4 is 15.0 Å². The first-order valence-corrected chi connectivity index (χ1v) is 7.15. The highest BCUT2D eigenvalue weighted by molar-refractivity contribution is 5.58. The number of rotatable bonds is 6. The van der Waals surface area contributed by atoms with Crippen molar-refractivity contribution < 1.29 is 17.9 Å². The lowest BCUT2D eigenvalue weighted by molar-refractivity contribution is -0.124. The van der Waals surface area contributed by atoms with Crippen molar-refractivity contribution in [1.29, 1.82) is 0 Å². The summed E-state index contributed by atoms with van der Waals surface area (Å²) in [6.07, 6.45) is -2.35. The Morgan fingerprint density at radius 1 is 1.33 bits per heavy atom. The highest BCUT2D eigenvalue weighted by Gasteiger charge is 2.27. The summed E-state index contributed by atoms with van der Waals surface area (Å²) in [4.78, 5) is 2.24. The molecule has 1 heterocycles. The van der Waals surface area contributed by atoms with Crippen LogP contribution in [0.5, 0.6) is 5.75 Å². The van der Waals surface area contributed by atoms with E-state index in [1.165, 1.54) is 0 Å². The van der Waals surface area contributed by atoms with Gasteiger partial charge >= 0.3 is 6.18 Å². The molecule has 21 heavy (non-hydrogen) atoms. The first-order valence-electron chi connectivity index (χ1n) is 7.15. The molecular formula is C15H21F3N2O. The van der Waals surface area contributed by atoms with E-state index in [4.69, 9.17) is 4.74 Å². The van der Waals surface area contributed by atoms with Crippen molar-refractivity contribution in [2.75, 3.05) is 38.2 Å². The Morgan fingerprint density at radius 2 is 2.10 bits per heavy atom. The van der Waals surface area contributed by atoms with Crippen molar-refractivity contribution in [3.05, 3.63) is 24.3 Å². The molecule has 3 nitrogen and oxygen atoms in total. The molecule has 0 amide bonds. The van der Waals surface area contributed by atoms with E-state index >= 15 is 0 Å². The van der Waals surface area contributed by atoms with Gasteiger partial charge in [0, 0.05) is 13.1 Å². The average molecular weight is 302 g/mol. The van der Waals surface area contributed by atoms with Gasteiger partial charge in [-0.15, -0.1) is 0 Å². The van der Waals surface area contributed by atoms with Gasteiger partial charge in [0.25, 0.3) is 0 Å². The lowest BCUT2D eigenvalue weighted by Gasteiger charge is -2.21. The van der Waals surface area contributed by atoms with Gasteiger partial charge in [-0.2, -0.15) is 13.2 Å². The number of ether oxygens (including phenoxy) is 1. The van der Waals surface area contributed by atoms with Crippen molar-refractivity contribution in [3.63, 3.8) is 0 Å². The van der Waals surface area contributed by atoms with E-state index in [2.05, 4.69) is 10.2 Å². The van der Waals surface area contributed by atoms with E-state index in [0.717, 1.165) is 37.4 Å². The average Bonchev–Trinajstić information content (AvgIpc) is 2.91. The summed E-state index contributed by atoms with van der Waals surface area (Å²) in [5.74, 6) is 1.27. The zero-order valence-electron chi connectivity index (χ0n) is 12.1. The molecule has 0 bridgehead atoms. The molecule has 1 aromatic rings. The number of halogens is 3. The molecule has 1 aromatic carbocycles. The van der Waals surface area contributed by atoms with Crippen LogP contribution in [-0.2, 0) is 0 Å². The van der Waals surface area contributed by atoms with Gasteiger partial charge in [-0.1, -0.05) is 12.1 Å². The van der Waals surface area contributed by atoms with Crippen LogP contribution in [0.1, 0.15) is 12.8 Å². The molecule has 0 radical (unpaired) electrons. The minimum atomic E-state index is -4.13. The van der Waals surface area contributed by atoms with Crippen LogP contribution in [0, 0.1) is 5.92 Å². The van der Waals surface area contributed by atoms with Crippen molar-refractivity contribution in [3.8, 4) is 5.75 Å². The van der Waals surface area contributed by atoms with Crippen molar-refractivity contribution in [2.45, 2.75) is 19.0 Å². The third-order valence-corrected chi connectivity index (χ3v) is 3.77. The number of anilines is 1. The first kappa shape index (κ1) is 15.9. The Morgan fingerprint density at radius 3 is 2.81 bits per heavy atom. The number of benzene rings is 1. The SMILES string of the molecule is COc1ccccc1N1CCC(CCNCC(F)(F)F)C1. The zero-order chi connectivity index (χ0) is 15.3. The number of hydrogen-bond donors (Lipinski definition) is 1. The van der Waals surface area contributed by atoms with Gasteiger partial charge in [-0.25, -0.2) is 0 Å². The number of nitrogens with one attached hydrogen (secondary N) is 1. The molecule has 1 unspecified atom stereocenters. The summed E-state index contributed by atoms with van der Waals surface area (Å²) in [5, 5.41) is 2.46. The normalized spacial score (nSPS) is 19.0. The second kappa shape index (κ2) is 7.02. The molecule has 0 aromatic heterocycles. The van der Waals surface area contributed by atoms with Crippen LogP contribution in [0.2, 0.25) is 0 Å². The van der Waals surface area contributed by atoms with E-state index < -0.39 is 12.7 Å². The molecule has 1 saturated heterocycles. The fraction of sp³-hybridized carbons (Fsp3) is 0.600. The molecule has 0 aliphatic carbocycles. The largest absolute Gasteiger partial charge is 0.495 e. The molecule has 6 heteroatoms. The van der Waals surface area contributed by atoms with Crippen LogP contribution >= 0.6 is 0 Å². The molecule has 2 rings (SSSR count). The summed E-state index contributed by atoms with van der Waals surface area (Å²) in [6.45, 7) is 1.29. The summed E-state index contributed by atoms with van der Waals surface area (Å²) in [7, 11) is 1.65. The molecule has 1 atom stereocenters. The van der Waals surface area contributed by atoms with Gasteiger partial charge in [0.15, 0.2) is 0 Å². The Kier molecular flexibility index (Phi) is 5.33. The van der Waals surface area contributed by atoms with E-state index in [1.807, 2.05) is 24.3 Å². The molecule has 1 aliphatic rings. The van der Waals surface area contributed by atoms with Crippen LogP contribution in [-0.4, -0.2) is 39.5 Å². The zero-order valence-corrected chi connectivity index (χ0v) is 12.1. The van der Waals surface area contributed by atoms with E-state index in [9.17, 15) is 13.2 Å². The third-order valence-electron chi connectivity index (χ3n) is 3.77. The lowest BCUT2D eigenvalue weighted by atomic mass is 10.1. The number of alkyl halides is 3. The third kappa shape index (κ3) is 4.81. The highest BCUT2D eigenvalue weighted by Crippen LogP contribution is 2.32. The smallest absolute Gasteiger partial charge is 0.401 e. The van der Waals surface area contributed by atoms with Gasteiger partial charge in [0.05, 0.1) is 19.3 Å². The summed E-state index contributed by atoms with van der Waals surface area (Å²) in [6, 6.07) is 7.84. The Labute approximate surface area is 123 Å². The summed E-state index contributed by atoms with van der Waals surface area (Å²) >= 11 is 0. The van der Waals surface area contributed by atoms with E-state index in [0.29, 0.717) is 12.5 Å². The maximum Gasteiger partial charge on any atom is 0.401 e. The van der Waals surface area contributed by atoms with Gasteiger partial charge in [-0.05, 0) is 37.4 Å². The number of nitrogens with zero attached hydrogens (tertiary/aromatic N) is 1. The lowest BCUT2D eigenvalue weighted by Crippen LogP contribution is -2.30. The maximum absolute atomic E-state index is 12.0. The minimum Gasteiger partial charge on any atom is -0.495 e. The van der Waals surface area contributed by atoms with Crippen LogP contribution in [0.3, 0.4) is 0 Å². The topological polar surface area (TPSA) is 24.5 Å². The van der Waals surface area contributed by atoms with E-state index in [1.54, 1.807) is 7.11 Å². The number of hydrogen-bond acceptors (Lipinski definition) is 3. The van der Waals surface area contributed by atoms with Gasteiger partial charge < -0.3 is 15.0 Å². The van der Waals surface area contributed by atoms with Crippen molar-refractivity contribution in [2.24, 2.45) is 5.92 Å². The molecule has 1 N–H and O–H groups in total. The number of para-hydroxylation sites is 2. The molecule has 118 valence electrons. The van der Waals surface area contributed by atoms with Crippen LogP contribution in [0.25, 0.3) is 0 Å². The second-order valence-electron chi connectivity index (χ2n) is 5.35. The predicted molar refractivity (Wildman–Crippen MR) is 76.9 cm³/mol. The maximum atomic E-state index is 12.0. The number of methoxy groups -OCH3 is 1. The van der Waals surface area contributed by atoms with Crippen LogP contribution in [0.4, 0.5) is 18.9 Å². The molecule has 1 aliphatic heterocycles. The Bertz CT molecular complexity index is 451. The monoisotopic (exact) mass is 302 g/mol. The fourth-order valence-electron chi connectivity index (χ4n) is 2.71. The molecule has 0 spiro atoms. The van der Waals surface area contributed by atoms with Crippen molar-refractivity contribution in [1.82, 2.24) is 5.32 Å². The minimum absolute atomic E-state index is 0.407. The second-order valence-corrected chi connectivity index (χ2v) is 5.35.